The summed E-state index contributed by atoms with van der Waals surface area (Å²) in [6.45, 7) is 19.8. The molecular weight excluding hydrogens is 615 g/mol. The van der Waals surface area contributed by atoms with Crippen molar-refractivity contribution in [2.75, 3.05) is 0 Å². The van der Waals surface area contributed by atoms with Gasteiger partial charge in [-0.1, -0.05) is 0 Å². The zero-order chi connectivity index (χ0) is 31.5. The maximum atomic E-state index is 9.75. The Morgan fingerprint density at radius 3 is 0.306 bits per heavy atom. The van der Waals surface area contributed by atoms with Gasteiger partial charge < -0.3 is 69.1 Å². The van der Waals surface area contributed by atoms with Crippen molar-refractivity contribution < 1.29 is 69.1 Å². The molecule has 0 spiro atoms. The zero-order valence-electron chi connectivity index (χ0n) is 22.0. The molecule has 0 saturated heterocycles. The second kappa shape index (κ2) is 23.7. The van der Waals surface area contributed by atoms with Gasteiger partial charge in [0.05, 0.1) is 15.5 Å². The average Bonchev–Trinajstić information content (AvgIpc) is 2.06. The van der Waals surface area contributed by atoms with E-state index in [4.69, 9.17) is 0 Å². The molecule has 4 unspecified atom stereocenters. The Morgan fingerprint density at radius 2 is 0.306 bits per heavy atom. The fourth-order valence-corrected chi connectivity index (χ4v) is 0. The second-order valence-electron chi connectivity index (χ2n) is 9.66. The Morgan fingerprint density at radius 1 is 0.306 bits per heavy atom. The van der Waals surface area contributed by atoms with Crippen molar-refractivity contribution in [2.24, 2.45) is 0 Å². The molecule has 24 heteroatoms. The van der Waals surface area contributed by atoms with Crippen molar-refractivity contribution in [1.82, 2.24) is 0 Å². The van der Waals surface area contributed by atoms with Crippen molar-refractivity contribution in [1.29, 1.82) is 0 Å². The van der Waals surface area contributed by atoms with Crippen LogP contribution < -0.4 is 0 Å². The van der Waals surface area contributed by atoms with E-state index in [0.29, 0.717) is 15.5 Å². The Labute approximate surface area is 214 Å². The summed E-state index contributed by atoms with van der Waals surface area (Å²) in [6.07, 6.45) is 0. The van der Waals surface area contributed by atoms with E-state index in [1.165, 1.54) is 0 Å². The number of hydrogen-bond donors (Lipinski definition) is 0. The lowest BCUT2D eigenvalue weighted by molar-refractivity contribution is 0.366. The van der Waals surface area contributed by atoms with Gasteiger partial charge in [-0.05, 0) is 99.9 Å². The molecular formula is C12H40B4F16P4. The number of halogens is 16. The molecule has 0 aromatic carbocycles. The van der Waals surface area contributed by atoms with Crippen molar-refractivity contribution in [2.45, 2.75) is 77.8 Å². The van der Waals surface area contributed by atoms with E-state index >= 15 is 0 Å². The van der Waals surface area contributed by atoms with Crippen LogP contribution in [0.1, 0.15) is 62.3 Å². The van der Waals surface area contributed by atoms with E-state index < -0.39 is 29.0 Å². The zero-order valence-corrected chi connectivity index (χ0v) is 28.2. The van der Waals surface area contributed by atoms with Gasteiger partial charge in [0.25, 0.3) is 0 Å². The molecule has 36 heavy (non-hydrogen) atoms. The Kier molecular flexibility index (Phi) is 37.5. The minimum Gasteiger partial charge on any atom is -0.418 e. The topological polar surface area (TPSA) is 0 Å². The van der Waals surface area contributed by atoms with Crippen LogP contribution in [0, 0.1) is 0 Å². The van der Waals surface area contributed by atoms with Crippen LogP contribution in [0.25, 0.3) is 0 Å². The first-order valence-corrected chi connectivity index (χ1v) is 11.2. The fraction of sp³-hybridized carbons (Fsp3) is 1.00. The predicted octanol–water partition coefficient (Wildman–Crippen LogP) is 9.17. The van der Waals surface area contributed by atoms with E-state index in [1.807, 2.05) is 27.7 Å². The molecule has 0 aliphatic rings. The first kappa shape index (κ1) is 56.9. The smallest absolute Gasteiger partial charge is 0.418 e. The molecule has 0 radical (unpaired) electrons. The minimum atomic E-state index is -6.00. The molecule has 0 aromatic heterocycles. The SMILES string of the molecule is CC(C)(C)[PH3+].CC(C)(C)[PH3+].CC(C)(C)[PH3+].F[B-](F)(F)F.F[B-](F)(F)F.F[B-](F)(F)F.F[B-](F)(F)F.[PH4+]. The summed E-state index contributed by atoms with van der Waals surface area (Å²) in [6, 6.07) is 0. The van der Waals surface area contributed by atoms with Gasteiger partial charge in [0, 0.05) is 0 Å². The molecule has 0 bridgehead atoms. The third kappa shape index (κ3) is 54100. The molecule has 0 fully saturated rings. The van der Waals surface area contributed by atoms with Crippen LogP contribution in [-0.4, -0.2) is 44.5 Å². The highest BCUT2D eigenvalue weighted by atomic mass is 31.0. The summed E-state index contributed by atoms with van der Waals surface area (Å²) in [5, 5.41) is 1.58. The highest BCUT2D eigenvalue weighted by molar-refractivity contribution is 7.19. The highest BCUT2D eigenvalue weighted by Crippen LogP contribution is 2.13. The van der Waals surface area contributed by atoms with Gasteiger partial charge in [-0.3, -0.25) is 0 Å². The Balaban J connectivity index is -0.0000000422. The number of hydrogen-bond acceptors (Lipinski definition) is 0. The Bertz CT molecular complexity index is 290. The van der Waals surface area contributed by atoms with Gasteiger partial charge in [-0.25, -0.2) is 0 Å². The predicted molar refractivity (Wildman–Crippen MR) is 146 cm³/mol. The molecule has 0 aliphatic heterocycles. The third-order valence-electron chi connectivity index (χ3n) is 0. The van der Waals surface area contributed by atoms with E-state index in [9.17, 15) is 69.1 Å². The molecule has 0 heterocycles. The van der Waals surface area contributed by atoms with E-state index in [0.717, 1.165) is 0 Å². The Hall–Kier alpha value is 0.860. The van der Waals surface area contributed by atoms with Crippen LogP contribution in [0.3, 0.4) is 0 Å². The second-order valence-corrected chi connectivity index (χ2v) is 16.0. The van der Waals surface area contributed by atoms with Gasteiger partial charge in [-0.2, -0.15) is 0 Å². The maximum Gasteiger partial charge on any atom is 0.673 e. The van der Waals surface area contributed by atoms with Gasteiger partial charge >= 0.3 is 29.0 Å². The van der Waals surface area contributed by atoms with Gasteiger partial charge in [0.2, 0.25) is 0 Å². The summed E-state index contributed by atoms with van der Waals surface area (Å²) < 4.78 is 156. The quantitative estimate of drug-likeness (QED) is 0.139. The molecule has 232 valence electrons. The molecule has 0 aliphatic carbocycles. The molecule has 4 atom stereocenters. The maximum absolute atomic E-state index is 9.75. The van der Waals surface area contributed by atoms with Crippen molar-refractivity contribution in [3.05, 3.63) is 0 Å². The average molecular weight is 656 g/mol. The highest BCUT2D eigenvalue weighted by Gasteiger charge is 2.21. The molecule has 0 nitrogen and oxygen atoms in total. The van der Waals surface area contributed by atoms with Gasteiger partial charge in [-0.15, -0.1) is 0 Å². The van der Waals surface area contributed by atoms with Crippen molar-refractivity contribution in [3.8, 4) is 0 Å². The standard InChI is InChI=1S/3C4H11P.4BF4.H3P/c3*1-4(2,3)5;4*2-1(3,4)5;/h3*5H2,1-3H3;;;;;1H3/q;;;4*-1;/p+4. The summed E-state index contributed by atoms with van der Waals surface area (Å²) in [5.41, 5.74) is 0. The summed E-state index contributed by atoms with van der Waals surface area (Å²) in [7, 11) is -18.0. The van der Waals surface area contributed by atoms with Crippen LogP contribution in [0.4, 0.5) is 69.1 Å². The third-order valence-corrected chi connectivity index (χ3v) is 0. The molecule has 0 rings (SSSR count). The normalized spacial score (nSPS) is 11.9. The van der Waals surface area contributed by atoms with E-state index in [2.05, 4.69) is 62.3 Å². The summed E-state index contributed by atoms with van der Waals surface area (Å²) >= 11 is 0. The van der Waals surface area contributed by atoms with Gasteiger partial charge in [0.15, 0.2) is 0 Å². The molecule has 0 saturated carbocycles. The minimum absolute atomic E-state index is 0. The lowest BCUT2D eigenvalue weighted by Gasteiger charge is -1.98. The molecule has 0 aromatic rings. The van der Waals surface area contributed by atoms with Crippen LogP contribution >= 0.6 is 37.6 Å². The van der Waals surface area contributed by atoms with E-state index in [1.54, 1.807) is 0 Å². The van der Waals surface area contributed by atoms with Crippen molar-refractivity contribution >= 4 is 66.6 Å². The van der Waals surface area contributed by atoms with Crippen LogP contribution in [-0.2, 0) is 0 Å². The van der Waals surface area contributed by atoms with Crippen LogP contribution in [0.5, 0.6) is 0 Å². The summed E-state index contributed by atoms with van der Waals surface area (Å²) in [4.78, 5) is 0. The van der Waals surface area contributed by atoms with Crippen LogP contribution in [0.15, 0.2) is 0 Å². The largest absolute Gasteiger partial charge is 0.673 e. The monoisotopic (exact) mass is 656 g/mol. The fourth-order valence-electron chi connectivity index (χ4n) is 0. The van der Waals surface area contributed by atoms with E-state index in [-0.39, 0.29) is 9.90 Å². The summed E-state index contributed by atoms with van der Waals surface area (Å²) in [5.74, 6) is 0. The van der Waals surface area contributed by atoms with Gasteiger partial charge in [0.1, 0.15) is 0 Å². The lowest BCUT2D eigenvalue weighted by Crippen LogP contribution is -2.02. The lowest BCUT2D eigenvalue weighted by atomic mass is 10.3. The molecule has 0 N–H and O–H groups in total. The molecule has 0 amide bonds. The first-order valence-electron chi connectivity index (χ1n) is 9.05. The van der Waals surface area contributed by atoms with Crippen LogP contribution in [0.2, 0.25) is 0 Å². The van der Waals surface area contributed by atoms with Crippen molar-refractivity contribution in [3.63, 3.8) is 0 Å². The first-order chi connectivity index (χ1) is 14.0. The number of rotatable bonds is 0.